The van der Waals surface area contributed by atoms with Crippen LogP contribution in [0.2, 0.25) is 0 Å². The molecule has 0 aliphatic heterocycles. The summed E-state index contributed by atoms with van der Waals surface area (Å²) in [6, 6.07) is 5.49. The number of amides is 1. The van der Waals surface area contributed by atoms with Crippen molar-refractivity contribution in [3.63, 3.8) is 0 Å². The van der Waals surface area contributed by atoms with Gasteiger partial charge in [0.05, 0.1) is 0 Å². The first-order valence-corrected chi connectivity index (χ1v) is 8.78. The van der Waals surface area contributed by atoms with Gasteiger partial charge in [-0.2, -0.15) is 0 Å². The molecule has 1 saturated carbocycles. The number of pyridine rings is 2. The van der Waals surface area contributed by atoms with E-state index in [-0.39, 0.29) is 29.1 Å². The quantitative estimate of drug-likeness (QED) is 0.941. The number of nitrogens with one attached hydrogen (secondary N) is 1. The Morgan fingerprint density at radius 2 is 2.00 bits per heavy atom. The average Bonchev–Trinajstić information content (AvgIpc) is 2.55. The zero-order valence-corrected chi connectivity index (χ0v) is 14.6. The maximum absolute atomic E-state index is 12.8. The molecular formula is C19H25N3O2. The van der Waals surface area contributed by atoms with Crippen LogP contribution in [0.5, 0.6) is 0 Å². The van der Waals surface area contributed by atoms with Crippen LogP contribution in [-0.2, 0) is 0 Å². The SMILES string of the molecule is CC1CCC(NC(=O)c2cc3cccnc3n(C(C)C)c2=O)CC1. The second kappa shape index (κ2) is 6.75. The van der Waals surface area contributed by atoms with Crippen LogP contribution in [0.4, 0.5) is 0 Å². The highest BCUT2D eigenvalue weighted by Crippen LogP contribution is 2.23. The van der Waals surface area contributed by atoms with Gasteiger partial charge in [-0.25, -0.2) is 4.98 Å². The molecule has 1 fully saturated rings. The molecule has 5 heteroatoms. The molecule has 0 atom stereocenters. The molecule has 0 bridgehead atoms. The number of rotatable bonds is 3. The molecular weight excluding hydrogens is 302 g/mol. The number of hydrogen-bond acceptors (Lipinski definition) is 3. The topological polar surface area (TPSA) is 64.0 Å². The van der Waals surface area contributed by atoms with E-state index in [2.05, 4.69) is 17.2 Å². The minimum atomic E-state index is -0.266. The number of carbonyl (C=O) groups excluding carboxylic acids is 1. The molecule has 0 aromatic carbocycles. The largest absolute Gasteiger partial charge is 0.349 e. The van der Waals surface area contributed by atoms with Crippen molar-refractivity contribution in [3.05, 3.63) is 40.3 Å². The molecule has 1 aliphatic carbocycles. The maximum Gasteiger partial charge on any atom is 0.265 e. The van der Waals surface area contributed by atoms with Crippen LogP contribution in [0, 0.1) is 5.92 Å². The standard InChI is InChI=1S/C19H25N3O2/c1-12(2)22-17-14(5-4-10-20-17)11-16(19(22)24)18(23)21-15-8-6-13(3)7-9-15/h4-5,10-13,15H,6-9H2,1-3H3,(H,21,23). The van der Waals surface area contributed by atoms with Gasteiger partial charge in [0.1, 0.15) is 11.2 Å². The van der Waals surface area contributed by atoms with Crippen LogP contribution in [0.15, 0.2) is 29.2 Å². The van der Waals surface area contributed by atoms with Crippen molar-refractivity contribution in [3.8, 4) is 0 Å². The normalized spacial score (nSPS) is 21.2. The summed E-state index contributed by atoms with van der Waals surface area (Å²) in [4.78, 5) is 29.8. The predicted molar refractivity (Wildman–Crippen MR) is 95.3 cm³/mol. The van der Waals surface area contributed by atoms with Crippen molar-refractivity contribution in [2.24, 2.45) is 5.92 Å². The van der Waals surface area contributed by atoms with Gasteiger partial charge in [-0.3, -0.25) is 14.2 Å². The first kappa shape index (κ1) is 16.7. The number of hydrogen-bond donors (Lipinski definition) is 1. The van der Waals surface area contributed by atoms with Gasteiger partial charge in [0.15, 0.2) is 0 Å². The monoisotopic (exact) mass is 327 g/mol. The summed E-state index contributed by atoms with van der Waals surface area (Å²) >= 11 is 0. The van der Waals surface area contributed by atoms with Gasteiger partial charge < -0.3 is 5.32 Å². The Hall–Kier alpha value is -2.17. The van der Waals surface area contributed by atoms with Crippen molar-refractivity contribution in [2.45, 2.75) is 58.5 Å². The molecule has 3 rings (SSSR count). The van der Waals surface area contributed by atoms with Gasteiger partial charge in [-0.15, -0.1) is 0 Å². The van der Waals surface area contributed by atoms with Crippen LogP contribution in [0.1, 0.15) is 62.9 Å². The van der Waals surface area contributed by atoms with E-state index in [4.69, 9.17) is 0 Å². The van der Waals surface area contributed by atoms with Gasteiger partial charge in [0.25, 0.3) is 11.5 Å². The van der Waals surface area contributed by atoms with E-state index in [0.29, 0.717) is 5.65 Å². The van der Waals surface area contributed by atoms with E-state index in [1.54, 1.807) is 16.8 Å². The van der Waals surface area contributed by atoms with Gasteiger partial charge in [0, 0.05) is 23.7 Å². The van der Waals surface area contributed by atoms with Crippen molar-refractivity contribution in [1.29, 1.82) is 0 Å². The summed E-state index contributed by atoms with van der Waals surface area (Å²) in [5.74, 6) is 0.461. The summed E-state index contributed by atoms with van der Waals surface area (Å²) < 4.78 is 1.60. The van der Waals surface area contributed by atoms with Crippen LogP contribution < -0.4 is 10.9 Å². The minimum absolute atomic E-state index is 0.0572. The summed E-state index contributed by atoms with van der Waals surface area (Å²) in [5, 5.41) is 3.87. The third-order valence-electron chi connectivity index (χ3n) is 4.91. The second-order valence-electron chi connectivity index (χ2n) is 7.17. The highest BCUT2D eigenvalue weighted by Gasteiger charge is 2.23. The fourth-order valence-electron chi connectivity index (χ4n) is 3.48. The third-order valence-corrected chi connectivity index (χ3v) is 4.91. The Bertz CT molecular complexity index is 802. The summed E-state index contributed by atoms with van der Waals surface area (Å²) in [6.07, 6.45) is 5.90. The van der Waals surface area contributed by atoms with Gasteiger partial charge in [0.2, 0.25) is 0 Å². The van der Waals surface area contributed by atoms with E-state index in [1.807, 2.05) is 26.0 Å². The van der Waals surface area contributed by atoms with Gasteiger partial charge in [-0.1, -0.05) is 6.92 Å². The zero-order valence-electron chi connectivity index (χ0n) is 14.6. The Morgan fingerprint density at radius 1 is 1.29 bits per heavy atom. The third kappa shape index (κ3) is 3.21. The van der Waals surface area contributed by atoms with Crippen molar-refractivity contribution in [1.82, 2.24) is 14.9 Å². The molecule has 0 spiro atoms. The highest BCUT2D eigenvalue weighted by atomic mass is 16.2. The molecule has 2 aromatic rings. The molecule has 128 valence electrons. The lowest BCUT2D eigenvalue weighted by atomic mass is 9.87. The molecule has 24 heavy (non-hydrogen) atoms. The number of aromatic nitrogens is 2. The van der Waals surface area contributed by atoms with E-state index >= 15 is 0 Å². The molecule has 5 nitrogen and oxygen atoms in total. The van der Waals surface area contributed by atoms with E-state index in [9.17, 15) is 9.59 Å². The molecule has 0 radical (unpaired) electrons. The smallest absolute Gasteiger partial charge is 0.265 e. The first-order chi connectivity index (χ1) is 11.5. The van der Waals surface area contributed by atoms with Gasteiger partial charge >= 0.3 is 0 Å². The molecule has 2 aromatic heterocycles. The summed E-state index contributed by atoms with van der Waals surface area (Å²) in [7, 11) is 0. The first-order valence-electron chi connectivity index (χ1n) is 8.78. The Kier molecular flexibility index (Phi) is 4.69. The average molecular weight is 327 g/mol. The Morgan fingerprint density at radius 3 is 2.67 bits per heavy atom. The van der Waals surface area contributed by atoms with Crippen molar-refractivity contribution < 1.29 is 4.79 Å². The molecule has 0 unspecified atom stereocenters. The second-order valence-corrected chi connectivity index (χ2v) is 7.17. The number of fused-ring (bicyclic) bond motifs is 1. The van der Waals surface area contributed by atoms with Crippen molar-refractivity contribution in [2.75, 3.05) is 0 Å². The lowest BCUT2D eigenvalue weighted by Crippen LogP contribution is -2.41. The summed E-state index contributed by atoms with van der Waals surface area (Å²) in [5.41, 5.74) is 0.571. The molecule has 1 N–H and O–H groups in total. The molecule has 1 aliphatic rings. The number of carbonyl (C=O) groups is 1. The Labute approximate surface area is 142 Å². The lowest BCUT2D eigenvalue weighted by Gasteiger charge is -2.27. The molecule has 0 saturated heterocycles. The predicted octanol–water partition coefficient (Wildman–Crippen LogP) is 3.29. The van der Waals surface area contributed by atoms with Crippen LogP contribution >= 0.6 is 0 Å². The summed E-state index contributed by atoms with van der Waals surface area (Å²) in [6.45, 7) is 6.11. The molecule has 1 amide bonds. The maximum atomic E-state index is 12.8. The van der Waals surface area contributed by atoms with Gasteiger partial charge in [-0.05, 0) is 63.6 Å². The zero-order chi connectivity index (χ0) is 17.3. The van der Waals surface area contributed by atoms with Crippen LogP contribution in [-0.4, -0.2) is 21.5 Å². The minimum Gasteiger partial charge on any atom is -0.349 e. The fourth-order valence-corrected chi connectivity index (χ4v) is 3.48. The fraction of sp³-hybridized carbons (Fsp3) is 0.526. The Balaban J connectivity index is 1.95. The molecule has 2 heterocycles. The van der Waals surface area contributed by atoms with Crippen molar-refractivity contribution >= 4 is 16.9 Å². The number of nitrogens with zero attached hydrogens (tertiary/aromatic N) is 2. The lowest BCUT2D eigenvalue weighted by molar-refractivity contribution is 0.0921. The highest BCUT2D eigenvalue weighted by molar-refractivity contribution is 5.97. The van der Waals surface area contributed by atoms with Crippen LogP contribution in [0.3, 0.4) is 0 Å². The van der Waals surface area contributed by atoms with E-state index in [1.165, 1.54) is 0 Å². The van der Waals surface area contributed by atoms with E-state index < -0.39 is 0 Å². The van der Waals surface area contributed by atoms with E-state index in [0.717, 1.165) is 37.0 Å². The van der Waals surface area contributed by atoms with Crippen LogP contribution in [0.25, 0.3) is 11.0 Å².